The predicted molar refractivity (Wildman–Crippen MR) is 77.8 cm³/mol. The van der Waals surface area contributed by atoms with Gasteiger partial charge in [-0.15, -0.1) is 0 Å². The van der Waals surface area contributed by atoms with Crippen molar-refractivity contribution in [3.63, 3.8) is 0 Å². The summed E-state index contributed by atoms with van der Waals surface area (Å²) >= 11 is 0. The summed E-state index contributed by atoms with van der Waals surface area (Å²) in [5.74, 6) is 0.727. The zero-order valence-corrected chi connectivity index (χ0v) is 12.0. The quantitative estimate of drug-likeness (QED) is 0.672. The van der Waals surface area contributed by atoms with Gasteiger partial charge in [-0.3, -0.25) is 0 Å². The second-order valence-corrected chi connectivity index (χ2v) is 5.12. The van der Waals surface area contributed by atoms with E-state index >= 15 is 0 Å². The van der Waals surface area contributed by atoms with Crippen molar-refractivity contribution in [1.29, 1.82) is 0 Å². The van der Waals surface area contributed by atoms with E-state index in [0.29, 0.717) is 6.04 Å². The zero-order chi connectivity index (χ0) is 13.2. The SMILES string of the molecule is CCC(NCCOCCC(C)C)c1ccccc1. The van der Waals surface area contributed by atoms with Crippen LogP contribution in [-0.4, -0.2) is 19.8 Å². The molecule has 1 aromatic rings. The molecule has 0 radical (unpaired) electrons. The molecular weight excluding hydrogens is 222 g/mol. The van der Waals surface area contributed by atoms with Crippen LogP contribution >= 0.6 is 0 Å². The molecule has 0 aliphatic carbocycles. The van der Waals surface area contributed by atoms with Crippen molar-refractivity contribution in [3.8, 4) is 0 Å². The lowest BCUT2D eigenvalue weighted by Crippen LogP contribution is -2.25. The molecule has 18 heavy (non-hydrogen) atoms. The topological polar surface area (TPSA) is 21.3 Å². The van der Waals surface area contributed by atoms with Crippen molar-refractivity contribution < 1.29 is 4.74 Å². The molecule has 0 fully saturated rings. The number of hydrogen-bond donors (Lipinski definition) is 1. The van der Waals surface area contributed by atoms with Crippen LogP contribution in [0.5, 0.6) is 0 Å². The van der Waals surface area contributed by atoms with Gasteiger partial charge in [0.2, 0.25) is 0 Å². The highest BCUT2D eigenvalue weighted by atomic mass is 16.5. The molecule has 1 unspecified atom stereocenters. The smallest absolute Gasteiger partial charge is 0.0591 e. The average molecular weight is 249 g/mol. The largest absolute Gasteiger partial charge is 0.380 e. The normalized spacial score (nSPS) is 12.9. The molecular formula is C16H27NO. The van der Waals surface area contributed by atoms with Crippen molar-refractivity contribution in [2.24, 2.45) is 5.92 Å². The summed E-state index contributed by atoms with van der Waals surface area (Å²) in [6.45, 7) is 9.27. The third kappa shape index (κ3) is 6.18. The van der Waals surface area contributed by atoms with E-state index in [1.54, 1.807) is 0 Å². The second kappa shape index (κ2) is 9.12. The molecule has 0 amide bonds. The Hall–Kier alpha value is -0.860. The van der Waals surface area contributed by atoms with Gasteiger partial charge in [-0.25, -0.2) is 0 Å². The maximum Gasteiger partial charge on any atom is 0.0591 e. The third-order valence-electron chi connectivity index (χ3n) is 3.09. The highest BCUT2D eigenvalue weighted by Crippen LogP contribution is 2.15. The summed E-state index contributed by atoms with van der Waals surface area (Å²) in [6.07, 6.45) is 2.26. The Balaban J connectivity index is 2.17. The van der Waals surface area contributed by atoms with Gasteiger partial charge in [0.05, 0.1) is 6.61 Å². The van der Waals surface area contributed by atoms with Gasteiger partial charge in [0.25, 0.3) is 0 Å². The first-order chi connectivity index (χ1) is 8.74. The van der Waals surface area contributed by atoms with E-state index in [1.165, 1.54) is 5.56 Å². The molecule has 2 nitrogen and oxygen atoms in total. The van der Waals surface area contributed by atoms with Crippen LogP contribution in [0.3, 0.4) is 0 Å². The molecule has 0 heterocycles. The van der Waals surface area contributed by atoms with Crippen LogP contribution < -0.4 is 5.32 Å². The highest BCUT2D eigenvalue weighted by molar-refractivity contribution is 5.18. The average Bonchev–Trinajstić information content (AvgIpc) is 2.38. The summed E-state index contributed by atoms with van der Waals surface area (Å²) in [5, 5.41) is 3.55. The van der Waals surface area contributed by atoms with Gasteiger partial charge in [0.15, 0.2) is 0 Å². The van der Waals surface area contributed by atoms with Crippen LogP contribution in [0.4, 0.5) is 0 Å². The van der Waals surface area contributed by atoms with Crippen molar-refractivity contribution in [1.82, 2.24) is 5.32 Å². The predicted octanol–water partition coefficient (Wildman–Crippen LogP) is 3.79. The molecule has 1 N–H and O–H groups in total. The summed E-state index contributed by atoms with van der Waals surface area (Å²) in [6, 6.07) is 11.1. The summed E-state index contributed by atoms with van der Waals surface area (Å²) in [4.78, 5) is 0. The first-order valence-corrected chi connectivity index (χ1v) is 7.10. The Labute approximate surface area is 112 Å². The van der Waals surface area contributed by atoms with Crippen LogP contribution in [0, 0.1) is 5.92 Å². The molecule has 1 rings (SSSR count). The van der Waals surface area contributed by atoms with E-state index < -0.39 is 0 Å². The Morgan fingerprint density at radius 2 is 1.83 bits per heavy atom. The van der Waals surface area contributed by atoms with Gasteiger partial charge < -0.3 is 10.1 Å². The van der Waals surface area contributed by atoms with Crippen LogP contribution in [0.1, 0.15) is 45.2 Å². The van der Waals surface area contributed by atoms with E-state index in [0.717, 1.165) is 38.5 Å². The Morgan fingerprint density at radius 3 is 2.44 bits per heavy atom. The van der Waals surface area contributed by atoms with Gasteiger partial charge in [0.1, 0.15) is 0 Å². The molecule has 0 saturated carbocycles. The minimum Gasteiger partial charge on any atom is -0.380 e. The molecule has 0 aromatic heterocycles. The molecule has 0 bridgehead atoms. The van der Waals surface area contributed by atoms with Crippen molar-refractivity contribution in [3.05, 3.63) is 35.9 Å². The molecule has 0 aliphatic heterocycles. The van der Waals surface area contributed by atoms with Crippen LogP contribution in [0.2, 0.25) is 0 Å². The van der Waals surface area contributed by atoms with E-state index in [1.807, 2.05) is 0 Å². The van der Waals surface area contributed by atoms with Gasteiger partial charge in [0, 0.05) is 19.2 Å². The van der Waals surface area contributed by atoms with E-state index in [2.05, 4.69) is 56.4 Å². The second-order valence-electron chi connectivity index (χ2n) is 5.12. The summed E-state index contributed by atoms with van der Waals surface area (Å²) in [7, 11) is 0. The van der Waals surface area contributed by atoms with E-state index in [-0.39, 0.29) is 0 Å². The minimum atomic E-state index is 0.444. The first kappa shape index (κ1) is 15.2. The molecule has 1 aromatic carbocycles. The Kier molecular flexibility index (Phi) is 7.70. The van der Waals surface area contributed by atoms with Gasteiger partial charge in [-0.2, -0.15) is 0 Å². The molecule has 0 aliphatic rings. The fourth-order valence-electron chi connectivity index (χ4n) is 1.91. The third-order valence-corrected chi connectivity index (χ3v) is 3.09. The summed E-state index contributed by atoms with van der Waals surface area (Å²) in [5.41, 5.74) is 1.36. The standard InChI is InChI=1S/C16H27NO/c1-4-16(15-8-6-5-7-9-15)17-11-13-18-12-10-14(2)3/h5-9,14,16-17H,4,10-13H2,1-3H3. The van der Waals surface area contributed by atoms with Crippen LogP contribution in [-0.2, 0) is 4.74 Å². The number of rotatable bonds is 9. The van der Waals surface area contributed by atoms with Crippen molar-refractivity contribution in [2.75, 3.05) is 19.8 Å². The number of ether oxygens (including phenoxy) is 1. The maximum atomic E-state index is 5.61. The van der Waals surface area contributed by atoms with Crippen LogP contribution in [0.15, 0.2) is 30.3 Å². The number of nitrogens with one attached hydrogen (secondary N) is 1. The Bertz CT molecular complexity index is 297. The maximum absolute atomic E-state index is 5.61. The highest BCUT2D eigenvalue weighted by Gasteiger charge is 2.06. The van der Waals surface area contributed by atoms with Gasteiger partial charge in [-0.1, -0.05) is 51.1 Å². The van der Waals surface area contributed by atoms with Crippen molar-refractivity contribution >= 4 is 0 Å². The molecule has 0 saturated heterocycles. The zero-order valence-electron chi connectivity index (χ0n) is 12.0. The molecule has 1 atom stereocenters. The van der Waals surface area contributed by atoms with Gasteiger partial charge in [-0.05, 0) is 24.3 Å². The fraction of sp³-hybridized carbons (Fsp3) is 0.625. The molecule has 102 valence electrons. The number of benzene rings is 1. The lowest BCUT2D eigenvalue weighted by Gasteiger charge is -2.17. The minimum absolute atomic E-state index is 0.444. The lowest BCUT2D eigenvalue weighted by molar-refractivity contribution is 0.123. The van der Waals surface area contributed by atoms with E-state index in [4.69, 9.17) is 4.74 Å². The summed E-state index contributed by atoms with van der Waals surface area (Å²) < 4.78 is 5.61. The lowest BCUT2D eigenvalue weighted by atomic mass is 10.1. The first-order valence-electron chi connectivity index (χ1n) is 7.10. The van der Waals surface area contributed by atoms with Crippen molar-refractivity contribution in [2.45, 2.75) is 39.7 Å². The van der Waals surface area contributed by atoms with E-state index in [9.17, 15) is 0 Å². The monoisotopic (exact) mass is 249 g/mol. The number of hydrogen-bond acceptors (Lipinski definition) is 2. The van der Waals surface area contributed by atoms with Crippen LogP contribution in [0.25, 0.3) is 0 Å². The fourth-order valence-corrected chi connectivity index (χ4v) is 1.91. The molecule has 2 heteroatoms. The Morgan fingerprint density at radius 1 is 1.11 bits per heavy atom. The van der Waals surface area contributed by atoms with Gasteiger partial charge >= 0.3 is 0 Å². The molecule has 0 spiro atoms.